The molecule has 1 aromatic rings. The molecule has 1 fully saturated rings. The lowest BCUT2D eigenvalue weighted by Gasteiger charge is -2.32. The highest BCUT2D eigenvalue weighted by Crippen LogP contribution is 2.22. The lowest BCUT2D eigenvalue weighted by atomic mass is 10.2. The Labute approximate surface area is 118 Å². The van der Waals surface area contributed by atoms with Crippen molar-refractivity contribution in [1.29, 1.82) is 0 Å². The standard InChI is InChI=1S/C13H18ClN3O2/c1-16-5-7-17(8-6-16)15-13(18)11-9-10(14)3-4-12(11)19-2/h3-4,9H,5-8H2,1-2H3,(H,15,18). The van der Waals surface area contributed by atoms with E-state index in [1.54, 1.807) is 18.2 Å². The third kappa shape index (κ3) is 3.59. The number of amides is 1. The van der Waals surface area contributed by atoms with Gasteiger partial charge in [0.05, 0.1) is 12.7 Å². The van der Waals surface area contributed by atoms with Crippen molar-refractivity contribution in [2.24, 2.45) is 0 Å². The molecular formula is C13H18ClN3O2. The molecule has 1 saturated heterocycles. The summed E-state index contributed by atoms with van der Waals surface area (Å²) >= 11 is 5.92. The van der Waals surface area contributed by atoms with Crippen LogP contribution in [0.1, 0.15) is 10.4 Å². The Hall–Kier alpha value is -1.30. The summed E-state index contributed by atoms with van der Waals surface area (Å²) in [6, 6.07) is 5.01. The molecular weight excluding hydrogens is 266 g/mol. The number of benzene rings is 1. The van der Waals surface area contributed by atoms with Crippen LogP contribution in [0.2, 0.25) is 5.02 Å². The summed E-state index contributed by atoms with van der Waals surface area (Å²) in [6.07, 6.45) is 0. The topological polar surface area (TPSA) is 44.8 Å². The number of nitrogens with zero attached hydrogens (tertiary/aromatic N) is 2. The van der Waals surface area contributed by atoms with E-state index in [9.17, 15) is 4.79 Å². The number of methoxy groups -OCH3 is 1. The number of rotatable bonds is 3. The van der Waals surface area contributed by atoms with Crippen molar-refractivity contribution in [3.05, 3.63) is 28.8 Å². The number of hydrogen-bond acceptors (Lipinski definition) is 4. The maximum Gasteiger partial charge on any atom is 0.269 e. The molecule has 1 aliphatic heterocycles. The number of nitrogens with one attached hydrogen (secondary N) is 1. The molecule has 104 valence electrons. The summed E-state index contributed by atoms with van der Waals surface area (Å²) < 4.78 is 5.18. The van der Waals surface area contributed by atoms with Crippen LogP contribution < -0.4 is 10.2 Å². The number of halogens is 1. The van der Waals surface area contributed by atoms with Crippen molar-refractivity contribution in [3.63, 3.8) is 0 Å². The van der Waals surface area contributed by atoms with E-state index in [1.807, 2.05) is 5.01 Å². The van der Waals surface area contributed by atoms with E-state index in [-0.39, 0.29) is 5.91 Å². The highest BCUT2D eigenvalue weighted by atomic mass is 35.5. The SMILES string of the molecule is COc1ccc(Cl)cc1C(=O)NN1CCN(C)CC1. The van der Waals surface area contributed by atoms with Gasteiger partial charge in [0.1, 0.15) is 5.75 Å². The van der Waals surface area contributed by atoms with Crippen LogP contribution in [0.3, 0.4) is 0 Å². The van der Waals surface area contributed by atoms with Gasteiger partial charge >= 0.3 is 0 Å². The van der Waals surface area contributed by atoms with Gasteiger partial charge in [0.15, 0.2) is 0 Å². The third-order valence-corrected chi connectivity index (χ3v) is 3.40. The number of carbonyl (C=O) groups excluding carboxylic acids is 1. The van der Waals surface area contributed by atoms with Gasteiger partial charge in [-0.2, -0.15) is 0 Å². The van der Waals surface area contributed by atoms with Gasteiger partial charge in [-0.3, -0.25) is 10.2 Å². The van der Waals surface area contributed by atoms with Crippen LogP contribution in [0.5, 0.6) is 5.75 Å². The minimum absolute atomic E-state index is 0.191. The third-order valence-electron chi connectivity index (χ3n) is 3.17. The van der Waals surface area contributed by atoms with E-state index in [1.165, 1.54) is 7.11 Å². The molecule has 0 saturated carbocycles. The molecule has 0 radical (unpaired) electrons. The first-order valence-corrected chi connectivity index (χ1v) is 6.56. The van der Waals surface area contributed by atoms with E-state index in [0.717, 1.165) is 26.2 Å². The minimum Gasteiger partial charge on any atom is -0.496 e. The smallest absolute Gasteiger partial charge is 0.269 e. The molecule has 0 atom stereocenters. The Balaban J connectivity index is 2.05. The summed E-state index contributed by atoms with van der Waals surface area (Å²) in [5.41, 5.74) is 3.34. The molecule has 1 heterocycles. The van der Waals surface area contributed by atoms with E-state index in [4.69, 9.17) is 16.3 Å². The van der Waals surface area contributed by atoms with Gasteiger partial charge < -0.3 is 9.64 Å². The second-order valence-electron chi connectivity index (χ2n) is 4.58. The Morgan fingerprint density at radius 1 is 1.32 bits per heavy atom. The maximum absolute atomic E-state index is 12.2. The van der Waals surface area contributed by atoms with Crippen LogP contribution in [-0.2, 0) is 0 Å². The van der Waals surface area contributed by atoms with Crippen LogP contribution in [0.25, 0.3) is 0 Å². The molecule has 0 unspecified atom stereocenters. The van der Waals surface area contributed by atoms with Crippen LogP contribution in [-0.4, -0.2) is 56.2 Å². The van der Waals surface area contributed by atoms with Crippen molar-refractivity contribution < 1.29 is 9.53 Å². The zero-order valence-electron chi connectivity index (χ0n) is 11.1. The summed E-state index contributed by atoms with van der Waals surface area (Å²) in [6.45, 7) is 3.50. The first kappa shape index (κ1) is 14.1. The predicted molar refractivity (Wildman–Crippen MR) is 74.5 cm³/mol. The van der Waals surface area contributed by atoms with Crippen molar-refractivity contribution in [1.82, 2.24) is 15.3 Å². The molecule has 0 aliphatic carbocycles. The largest absolute Gasteiger partial charge is 0.496 e. The number of hydrogen-bond donors (Lipinski definition) is 1. The van der Waals surface area contributed by atoms with Crippen LogP contribution in [0.4, 0.5) is 0 Å². The Kier molecular flexibility index (Phi) is 4.63. The second kappa shape index (κ2) is 6.23. The van der Waals surface area contributed by atoms with E-state index >= 15 is 0 Å². The predicted octanol–water partition coefficient (Wildman–Crippen LogP) is 1.24. The van der Waals surface area contributed by atoms with Crippen molar-refractivity contribution in [2.75, 3.05) is 40.3 Å². The zero-order chi connectivity index (χ0) is 13.8. The molecule has 0 spiro atoms. The highest BCUT2D eigenvalue weighted by Gasteiger charge is 2.19. The van der Waals surface area contributed by atoms with Gasteiger partial charge in [0.25, 0.3) is 5.91 Å². The number of carbonyl (C=O) groups is 1. The number of likely N-dealkylation sites (N-methyl/N-ethyl adjacent to an activating group) is 1. The molecule has 6 heteroatoms. The van der Waals surface area contributed by atoms with E-state index in [2.05, 4.69) is 17.4 Å². The van der Waals surface area contributed by atoms with Crippen molar-refractivity contribution >= 4 is 17.5 Å². The molecule has 0 bridgehead atoms. The summed E-state index contributed by atoms with van der Waals surface area (Å²) in [7, 11) is 3.61. The maximum atomic E-state index is 12.2. The molecule has 1 aromatic carbocycles. The molecule has 5 nitrogen and oxygen atoms in total. The summed E-state index contributed by atoms with van der Waals surface area (Å²) in [5.74, 6) is 0.333. The van der Waals surface area contributed by atoms with E-state index < -0.39 is 0 Å². The van der Waals surface area contributed by atoms with Crippen LogP contribution in [0, 0.1) is 0 Å². The normalized spacial score (nSPS) is 17.2. The lowest BCUT2D eigenvalue weighted by Crippen LogP contribution is -2.52. The second-order valence-corrected chi connectivity index (χ2v) is 5.01. The van der Waals surface area contributed by atoms with Crippen molar-refractivity contribution in [3.8, 4) is 5.75 Å². The van der Waals surface area contributed by atoms with Gasteiger partial charge in [-0.25, -0.2) is 5.01 Å². The first-order chi connectivity index (χ1) is 9.10. The molecule has 2 rings (SSSR count). The summed E-state index contributed by atoms with van der Waals surface area (Å²) in [5, 5.41) is 2.44. The fraction of sp³-hybridized carbons (Fsp3) is 0.462. The van der Waals surface area contributed by atoms with Gasteiger partial charge in [-0.15, -0.1) is 0 Å². The fourth-order valence-electron chi connectivity index (χ4n) is 1.98. The van der Waals surface area contributed by atoms with Crippen LogP contribution in [0.15, 0.2) is 18.2 Å². The monoisotopic (exact) mass is 283 g/mol. The Bertz CT molecular complexity index is 459. The van der Waals surface area contributed by atoms with Gasteiger partial charge in [-0.1, -0.05) is 11.6 Å². The molecule has 0 aromatic heterocycles. The highest BCUT2D eigenvalue weighted by molar-refractivity contribution is 6.31. The molecule has 1 amide bonds. The van der Waals surface area contributed by atoms with Gasteiger partial charge in [0.2, 0.25) is 0 Å². The zero-order valence-corrected chi connectivity index (χ0v) is 11.9. The Morgan fingerprint density at radius 2 is 2.00 bits per heavy atom. The average molecular weight is 284 g/mol. The molecule has 1 N–H and O–H groups in total. The lowest BCUT2D eigenvalue weighted by molar-refractivity contribution is 0.0660. The fourth-order valence-corrected chi connectivity index (χ4v) is 2.15. The molecule has 1 aliphatic rings. The van der Waals surface area contributed by atoms with Crippen LogP contribution >= 0.6 is 11.6 Å². The Morgan fingerprint density at radius 3 is 2.63 bits per heavy atom. The van der Waals surface area contributed by atoms with Gasteiger partial charge in [-0.05, 0) is 25.2 Å². The van der Waals surface area contributed by atoms with Gasteiger partial charge in [0, 0.05) is 31.2 Å². The number of piperazine rings is 1. The molecule has 19 heavy (non-hydrogen) atoms. The quantitative estimate of drug-likeness (QED) is 0.907. The van der Waals surface area contributed by atoms with E-state index in [0.29, 0.717) is 16.3 Å². The van der Waals surface area contributed by atoms with Crippen molar-refractivity contribution in [2.45, 2.75) is 0 Å². The average Bonchev–Trinajstić information content (AvgIpc) is 2.41. The minimum atomic E-state index is -0.191. The summed E-state index contributed by atoms with van der Waals surface area (Å²) in [4.78, 5) is 14.4. The first-order valence-electron chi connectivity index (χ1n) is 6.18. The number of hydrazine groups is 1. The number of ether oxygens (including phenoxy) is 1.